The van der Waals surface area contributed by atoms with Gasteiger partial charge < -0.3 is 20.3 Å². The van der Waals surface area contributed by atoms with Crippen LogP contribution >= 0.6 is 0 Å². The second-order valence-electron chi connectivity index (χ2n) is 5.24. The molecule has 0 amide bonds. The molecule has 0 saturated carbocycles. The fourth-order valence-electron chi connectivity index (χ4n) is 2.76. The standard InChI is InChI=1S/C17H21N3O/c1-21-17-13-15(7-8-16(17)18)20-11-9-19(10-12-20)14-5-3-2-4-6-14/h2-8,13H,9-12,18H2,1H3. The van der Waals surface area contributed by atoms with Gasteiger partial charge in [-0.2, -0.15) is 0 Å². The summed E-state index contributed by atoms with van der Waals surface area (Å²) in [4.78, 5) is 4.80. The minimum Gasteiger partial charge on any atom is -0.495 e. The predicted molar refractivity (Wildman–Crippen MR) is 88.3 cm³/mol. The summed E-state index contributed by atoms with van der Waals surface area (Å²) in [6.45, 7) is 4.05. The Kier molecular flexibility index (Phi) is 3.86. The van der Waals surface area contributed by atoms with E-state index in [4.69, 9.17) is 10.5 Å². The van der Waals surface area contributed by atoms with Crippen molar-refractivity contribution in [1.82, 2.24) is 0 Å². The van der Waals surface area contributed by atoms with Crippen molar-refractivity contribution in [2.45, 2.75) is 0 Å². The van der Waals surface area contributed by atoms with E-state index in [0.717, 1.165) is 31.9 Å². The van der Waals surface area contributed by atoms with E-state index in [1.807, 2.05) is 12.1 Å². The Morgan fingerprint density at radius 2 is 1.48 bits per heavy atom. The molecule has 1 aliphatic rings. The van der Waals surface area contributed by atoms with E-state index >= 15 is 0 Å². The number of nitrogens with two attached hydrogens (primary N) is 1. The van der Waals surface area contributed by atoms with Crippen LogP contribution in [0, 0.1) is 0 Å². The Bertz CT molecular complexity index is 592. The van der Waals surface area contributed by atoms with E-state index in [1.54, 1.807) is 7.11 Å². The van der Waals surface area contributed by atoms with Crippen molar-refractivity contribution in [2.75, 3.05) is 48.8 Å². The Balaban J connectivity index is 1.68. The van der Waals surface area contributed by atoms with Gasteiger partial charge in [0.1, 0.15) is 5.75 Å². The zero-order valence-electron chi connectivity index (χ0n) is 12.3. The number of ether oxygens (including phenoxy) is 1. The van der Waals surface area contributed by atoms with E-state index in [2.05, 4.69) is 46.2 Å². The molecule has 0 unspecified atom stereocenters. The number of benzene rings is 2. The largest absolute Gasteiger partial charge is 0.495 e. The maximum Gasteiger partial charge on any atom is 0.143 e. The van der Waals surface area contributed by atoms with Crippen molar-refractivity contribution >= 4 is 17.1 Å². The van der Waals surface area contributed by atoms with E-state index in [9.17, 15) is 0 Å². The van der Waals surface area contributed by atoms with Gasteiger partial charge in [0.25, 0.3) is 0 Å². The average Bonchev–Trinajstić information content (AvgIpc) is 2.56. The number of rotatable bonds is 3. The van der Waals surface area contributed by atoms with Gasteiger partial charge in [-0.1, -0.05) is 18.2 Å². The fourth-order valence-corrected chi connectivity index (χ4v) is 2.76. The lowest BCUT2D eigenvalue weighted by Gasteiger charge is -2.37. The Labute approximate surface area is 125 Å². The summed E-state index contributed by atoms with van der Waals surface area (Å²) in [6, 6.07) is 16.6. The van der Waals surface area contributed by atoms with Gasteiger partial charge in [-0.15, -0.1) is 0 Å². The van der Waals surface area contributed by atoms with Crippen LogP contribution in [0.4, 0.5) is 17.1 Å². The van der Waals surface area contributed by atoms with E-state index in [-0.39, 0.29) is 0 Å². The molecule has 0 bridgehead atoms. The molecule has 2 aromatic rings. The summed E-state index contributed by atoms with van der Waals surface area (Å²) in [7, 11) is 1.66. The summed E-state index contributed by atoms with van der Waals surface area (Å²) in [5.41, 5.74) is 9.03. The molecular formula is C17H21N3O. The van der Waals surface area contributed by atoms with Crippen LogP contribution in [-0.2, 0) is 0 Å². The number of piperazine rings is 1. The van der Waals surface area contributed by atoms with Crippen molar-refractivity contribution in [2.24, 2.45) is 0 Å². The predicted octanol–water partition coefficient (Wildman–Crippen LogP) is 2.60. The molecule has 21 heavy (non-hydrogen) atoms. The van der Waals surface area contributed by atoms with Gasteiger partial charge in [0.15, 0.2) is 0 Å². The zero-order chi connectivity index (χ0) is 14.7. The third-order valence-corrected chi connectivity index (χ3v) is 3.98. The number of methoxy groups -OCH3 is 1. The van der Waals surface area contributed by atoms with Gasteiger partial charge in [0.05, 0.1) is 12.8 Å². The Morgan fingerprint density at radius 3 is 2.10 bits per heavy atom. The molecule has 3 rings (SSSR count). The lowest BCUT2D eigenvalue weighted by atomic mass is 10.2. The summed E-state index contributed by atoms with van der Waals surface area (Å²) < 4.78 is 5.30. The van der Waals surface area contributed by atoms with Crippen molar-refractivity contribution in [3.8, 4) is 5.75 Å². The van der Waals surface area contributed by atoms with Crippen molar-refractivity contribution < 1.29 is 4.74 Å². The van der Waals surface area contributed by atoms with Crippen molar-refractivity contribution in [3.05, 3.63) is 48.5 Å². The number of para-hydroxylation sites is 1. The smallest absolute Gasteiger partial charge is 0.143 e. The van der Waals surface area contributed by atoms with E-state index < -0.39 is 0 Å². The molecule has 0 radical (unpaired) electrons. The lowest BCUT2D eigenvalue weighted by Crippen LogP contribution is -2.46. The summed E-state index contributed by atoms with van der Waals surface area (Å²) in [5.74, 6) is 0.748. The second-order valence-corrected chi connectivity index (χ2v) is 5.24. The normalized spacial score (nSPS) is 15.1. The van der Waals surface area contributed by atoms with Gasteiger partial charge in [0.2, 0.25) is 0 Å². The Hall–Kier alpha value is -2.36. The second kappa shape index (κ2) is 5.95. The molecule has 1 fully saturated rings. The molecular weight excluding hydrogens is 262 g/mol. The van der Waals surface area contributed by atoms with Gasteiger partial charge in [-0.25, -0.2) is 0 Å². The summed E-state index contributed by atoms with van der Waals surface area (Å²) in [5, 5.41) is 0. The van der Waals surface area contributed by atoms with Crippen molar-refractivity contribution in [1.29, 1.82) is 0 Å². The number of hydrogen-bond acceptors (Lipinski definition) is 4. The molecule has 1 heterocycles. The molecule has 4 nitrogen and oxygen atoms in total. The zero-order valence-corrected chi connectivity index (χ0v) is 12.3. The minimum atomic E-state index is 0.684. The summed E-state index contributed by atoms with van der Waals surface area (Å²) >= 11 is 0. The van der Waals surface area contributed by atoms with E-state index in [1.165, 1.54) is 11.4 Å². The van der Waals surface area contributed by atoms with Crippen molar-refractivity contribution in [3.63, 3.8) is 0 Å². The van der Waals surface area contributed by atoms with Crippen LogP contribution in [-0.4, -0.2) is 33.3 Å². The molecule has 1 aliphatic heterocycles. The first-order chi connectivity index (χ1) is 10.3. The SMILES string of the molecule is COc1cc(N2CCN(c3ccccc3)CC2)ccc1N. The summed E-state index contributed by atoms with van der Waals surface area (Å²) in [6.07, 6.45) is 0. The first-order valence-electron chi connectivity index (χ1n) is 7.26. The highest BCUT2D eigenvalue weighted by Gasteiger charge is 2.18. The average molecular weight is 283 g/mol. The molecule has 2 N–H and O–H groups in total. The highest BCUT2D eigenvalue weighted by molar-refractivity contribution is 5.63. The maximum absolute atomic E-state index is 5.88. The van der Waals surface area contributed by atoms with Gasteiger partial charge in [-0.05, 0) is 24.3 Å². The molecule has 110 valence electrons. The third kappa shape index (κ3) is 2.89. The third-order valence-electron chi connectivity index (χ3n) is 3.98. The van der Waals surface area contributed by atoms with Crippen LogP contribution in [0.25, 0.3) is 0 Å². The number of hydrogen-bond donors (Lipinski definition) is 1. The first kappa shape index (κ1) is 13.6. The van der Waals surface area contributed by atoms with Gasteiger partial charge in [0, 0.05) is 43.6 Å². The van der Waals surface area contributed by atoms with E-state index in [0.29, 0.717) is 5.69 Å². The number of nitrogens with zero attached hydrogens (tertiary/aromatic N) is 2. The van der Waals surface area contributed by atoms with Crippen LogP contribution in [0.1, 0.15) is 0 Å². The molecule has 0 atom stereocenters. The van der Waals surface area contributed by atoms with Crippen LogP contribution in [0.2, 0.25) is 0 Å². The van der Waals surface area contributed by atoms with Crippen LogP contribution < -0.4 is 20.3 Å². The minimum absolute atomic E-state index is 0.684. The maximum atomic E-state index is 5.88. The molecule has 1 saturated heterocycles. The van der Waals surface area contributed by atoms with Crippen LogP contribution in [0.5, 0.6) is 5.75 Å². The number of anilines is 3. The highest BCUT2D eigenvalue weighted by atomic mass is 16.5. The quantitative estimate of drug-likeness (QED) is 0.879. The highest BCUT2D eigenvalue weighted by Crippen LogP contribution is 2.28. The molecule has 0 spiro atoms. The lowest BCUT2D eigenvalue weighted by molar-refractivity contribution is 0.417. The number of nitrogen functional groups attached to an aromatic ring is 1. The Morgan fingerprint density at radius 1 is 0.857 bits per heavy atom. The fraction of sp³-hybridized carbons (Fsp3) is 0.294. The molecule has 2 aromatic carbocycles. The topological polar surface area (TPSA) is 41.7 Å². The van der Waals surface area contributed by atoms with Crippen LogP contribution in [0.3, 0.4) is 0 Å². The van der Waals surface area contributed by atoms with Gasteiger partial charge >= 0.3 is 0 Å². The van der Waals surface area contributed by atoms with Crippen LogP contribution in [0.15, 0.2) is 48.5 Å². The van der Waals surface area contributed by atoms with Gasteiger partial charge in [-0.3, -0.25) is 0 Å². The monoisotopic (exact) mass is 283 g/mol. The first-order valence-corrected chi connectivity index (χ1v) is 7.26. The molecule has 4 heteroatoms. The molecule has 0 aliphatic carbocycles. The molecule has 0 aromatic heterocycles.